The van der Waals surface area contributed by atoms with E-state index in [4.69, 9.17) is 9.47 Å². The first-order valence-corrected chi connectivity index (χ1v) is 6.15. The van der Waals surface area contributed by atoms with Gasteiger partial charge in [0.15, 0.2) is 11.5 Å². The van der Waals surface area contributed by atoms with Crippen LogP contribution in [0, 0.1) is 0 Å². The Labute approximate surface area is 104 Å². The molecule has 0 atom stereocenters. The first-order valence-electron chi connectivity index (χ1n) is 5.36. The van der Waals surface area contributed by atoms with E-state index in [1.165, 1.54) is 5.56 Å². The summed E-state index contributed by atoms with van der Waals surface area (Å²) in [6, 6.07) is 4.55. The highest BCUT2D eigenvalue weighted by Gasteiger charge is 2.17. The van der Waals surface area contributed by atoms with Crippen molar-refractivity contribution in [3.8, 4) is 11.5 Å². The highest BCUT2D eigenvalue weighted by atomic mass is 79.9. The van der Waals surface area contributed by atoms with Crippen LogP contribution in [0.3, 0.4) is 0 Å². The highest BCUT2D eigenvalue weighted by Crippen LogP contribution is 2.37. The third-order valence-electron chi connectivity index (χ3n) is 2.84. The Kier molecular flexibility index (Phi) is 3.40. The van der Waals surface area contributed by atoms with Crippen LogP contribution in [-0.2, 0) is 6.54 Å². The Balaban J connectivity index is 2.21. The molecule has 3 nitrogen and oxygen atoms in total. The zero-order chi connectivity index (χ0) is 11.7. The van der Waals surface area contributed by atoms with E-state index in [2.05, 4.69) is 41.7 Å². The minimum atomic E-state index is 0.325. The van der Waals surface area contributed by atoms with Gasteiger partial charge in [-0.25, -0.2) is 0 Å². The summed E-state index contributed by atoms with van der Waals surface area (Å²) in [5.41, 5.74) is 1.22. The van der Waals surface area contributed by atoms with Gasteiger partial charge >= 0.3 is 0 Å². The van der Waals surface area contributed by atoms with E-state index < -0.39 is 0 Å². The molecule has 0 N–H and O–H groups in total. The van der Waals surface area contributed by atoms with Crippen molar-refractivity contribution in [1.29, 1.82) is 0 Å². The number of fused-ring (bicyclic) bond motifs is 1. The van der Waals surface area contributed by atoms with Crippen molar-refractivity contribution in [1.82, 2.24) is 4.90 Å². The Bertz CT molecular complexity index is 393. The van der Waals surface area contributed by atoms with E-state index in [1.807, 2.05) is 12.1 Å². The molecule has 0 saturated carbocycles. The van der Waals surface area contributed by atoms with Crippen molar-refractivity contribution >= 4 is 15.9 Å². The van der Waals surface area contributed by atoms with Gasteiger partial charge in [-0.05, 0) is 38.6 Å². The smallest absolute Gasteiger partial charge is 0.231 e. The Morgan fingerprint density at radius 1 is 1.31 bits per heavy atom. The molecule has 0 aliphatic carbocycles. The predicted octanol–water partition coefficient (Wildman–Crippen LogP) is 3.02. The number of benzene rings is 1. The molecule has 0 amide bonds. The average molecular weight is 286 g/mol. The fourth-order valence-electron chi connectivity index (χ4n) is 1.53. The van der Waals surface area contributed by atoms with Crippen LogP contribution in [0.1, 0.15) is 19.4 Å². The lowest BCUT2D eigenvalue weighted by Gasteiger charge is -2.21. The summed E-state index contributed by atoms with van der Waals surface area (Å²) in [4.78, 5) is 2.28. The van der Waals surface area contributed by atoms with E-state index >= 15 is 0 Å². The lowest BCUT2D eigenvalue weighted by molar-refractivity contribution is 0.174. The molecular weight excluding hydrogens is 270 g/mol. The molecule has 4 heteroatoms. The number of halogens is 1. The topological polar surface area (TPSA) is 21.7 Å². The molecular formula is C12H16BrNO2. The normalized spacial score (nSPS) is 13.9. The van der Waals surface area contributed by atoms with Gasteiger partial charge in [-0.3, -0.25) is 4.90 Å². The fourth-order valence-corrected chi connectivity index (χ4v) is 1.98. The van der Waals surface area contributed by atoms with E-state index in [9.17, 15) is 0 Å². The zero-order valence-corrected chi connectivity index (χ0v) is 11.4. The lowest BCUT2D eigenvalue weighted by Crippen LogP contribution is -2.25. The third-order valence-corrected chi connectivity index (χ3v) is 3.58. The van der Waals surface area contributed by atoms with Crippen molar-refractivity contribution in [2.75, 3.05) is 13.8 Å². The van der Waals surface area contributed by atoms with Gasteiger partial charge in [0, 0.05) is 17.1 Å². The van der Waals surface area contributed by atoms with Crippen LogP contribution in [0.4, 0.5) is 0 Å². The van der Waals surface area contributed by atoms with Crippen LogP contribution in [0.5, 0.6) is 11.5 Å². The minimum absolute atomic E-state index is 0.325. The maximum absolute atomic E-state index is 5.37. The maximum atomic E-state index is 5.37. The van der Waals surface area contributed by atoms with Crippen molar-refractivity contribution < 1.29 is 9.47 Å². The van der Waals surface area contributed by atoms with Crippen molar-refractivity contribution in [2.24, 2.45) is 0 Å². The molecule has 0 fully saturated rings. The van der Waals surface area contributed by atoms with Gasteiger partial charge < -0.3 is 9.47 Å². The molecule has 1 aromatic carbocycles. The molecule has 0 radical (unpaired) electrons. The first-order chi connectivity index (χ1) is 7.58. The number of hydrogen-bond acceptors (Lipinski definition) is 3. The molecule has 88 valence electrons. The Morgan fingerprint density at radius 2 is 1.94 bits per heavy atom. The van der Waals surface area contributed by atoms with E-state index in [0.29, 0.717) is 12.8 Å². The molecule has 16 heavy (non-hydrogen) atoms. The van der Waals surface area contributed by atoms with Gasteiger partial charge in [-0.2, -0.15) is 0 Å². The van der Waals surface area contributed by atoms with Crippen LogP contribution >= 0.6 is 15.9 Å². The van der Waals surface area contributed by atoms with Gasteiger partial charge in [0.1, 0.15) is 0 Å². The number of ether oxygens (including phenoxy) is 2. The Morgan fingerprint density at radius 3 is 2.56 bits per heavy atom. The SMILES string of the molecule is CC(C)N(C)Cc1cc2c(cc1Br)OCO2. The van der Waals surface area contributed by atoms with Gasteiger partial charge in [0.05, 0.1) is 0 Å². The van der Waals surface area contributed by atoms with E-state index in [0.717, 1.165) is 22.5 Å². The number of hydrogen-bond donors (Lipinski definition) is 0. The van der Waals surface area contributed by atoms with Crippen molar-refractivity contribution in [3.05, 3.63) is 22.2 Å². The third kappa shape index (κ3) is 2.33. The molecule has 1 aliphatic heterocycles. The van der Waals surface area contributed by atoms with Crippen LogP contribution in [0.25, 0.3) is 0 Å². The summed E-state index contributed by atoms with van der Waals surface area (Å²) in [6.45, 7) is 5.59. The molecule has 0 aromatic heterocycles. The van der Waals surface area contributed by atoms with Crippen molar-refractivity contribution in [3.63, 3.8) is 0 Å². The molecule has 1 heterocycles. The molecule has 0 saturated heterocycles. The largest absolute Gasteiger partial charge is 0.454 e. The predicted molar refractivity (Wildman–Crippen MR) is 66.9 cm³/mol. The van der Waals surface area contributed by atoms with Crippen LogP contribution in [-0.4, -0.2) is 24.8 Å². The zero-order valence-electron chi connectivity index (χ0n) is 9.79. The van der Waals surface area contributed by atoms with Crippen molar-refractivity contribution in [2.45, 2.75) is 26.4 Å². The number of nitrogens with zero attached hydrogens (tertiary/aromatic N) is 1. The van der Waals surface area contributed by atoms with E-state index in [-0.39, 0.29) is 0 Å². The molecule has 2 rings (SSSR count). The minimum Gasteiger partial charge on any atom is -0.454 e. The van der Waals surface area contributed by atoms with Gasteiger partial charge in [-0.15, -0.1) is 0 Å². The number of rotatable bonds is 3. The van der Waals surface area contributed by atoms with E-state index in [1.54, 1.807) is 0 Å². The summed E-state index contributed by atoms with van der Waals surface area (Å²) in [6.07, 6.45) is 0. The van der Waals surface area contributed by atoms with Gasteiger partial charge in [0.2, 0.25) is 6.79 Å². The van der Waals surface area contributed by atoms with Crippen LogP contribution < -0.4 is 9.47 Å². The lowest BCUT2D eigenvalue weighted by atomic mass is 10.2. The molecule has 0 spiro atoms. The highest BCUT2D eigenvalue weighted by molar-refractivity contribution is 9.10. The second-order valence-corrected chi connectivity index (χ2v) is 5.16. The summed E-state index contributed by atoms with van der Waals surface area (Å²) in [5.74, 6) is 1.66. The molecule has 1 aliphatic rings. The maximum Gasteiger partial charge on any atom is 0.231 e. The van der Waals surface area contributed by atoms with Crippen LogP contribution in [0.15, 0.2) is 16.6 Å². The van der Waals surface area contributed by atoms with Gasteiger partial charge in [0.25, 0.3) is 0 Å². The fraction of sp³-hybridized carbons (Fsp3) is 0.500. The standard InChI is InChI=1S/C12H16BrNO2/c1-8(2)14(3)6-9-4-11-12(5-10(9)13)16-7-15-11/h4-5,8H,6-7H2,1-3H3. The summed E-state index contributed by atoms with van der Waals surface area (Å²) in [5, 5.41) is 0. The summed E-state index contributed by atoms with van der Waals surface area (Å²) in [7, 11) is 2.11. The second-order valence-electron chi connectivity index (χ2n) is 4.31. The monoisotopic (exact) mass is 285 g/mol. The van der Waals surface area contributed by atoms with Gasteiger partial charge in [-0.1, -0.05) is 15.9 Å². The first kappa shape index (κ1) is 11.7. The second kappa shape index (κ2) is 4.63. The summed E-state index contributed by atoms with van der Waals surface area (Å²) >= 11 is 3.57. The molecule has 0 bridgehead atoms. The average Bonchev–Trinajstić information content (AvgIpc) is 2.65. The molecule has 1 aromatic rings. The van der Waals surface area contributed by atoms with Crippen LogP contribution in [0.2, 0.25) is 0 Å². The molecule has 0 unspecified atom stereocenters. The quantitative estimate of drug-likeness (QED) is 0.852. The Hall–Kier alpha value is -0.740. The summed E-state index contributed by atoms with van der Waals surface area (Å²) < 4.78 is 11.8.